The molecule has 9 heteroatoms. The predicted octanol–water partition coefficient (Wildman–Crippen LogP) is 6.79. The van der Waals surface area contributed by atoms with Crippen molar-refractivity contribution in [2.45, 2.75) is 74.9 Å². The number of aliphatic hydroxyl groups is 1. The Morgan fingerprint density at radius 1 is 0.460 bits per heavy atom. The van der Waals surface area contributed by atoms with E-state index in [9.17, 15) is 13.5 Å². The van der Waals surface area contributed by atoms with Crippen LogP contribution < -0.4 is 0 Å². The van der Waals surface area contributed by atoms with Crippen molar-refractivity contribution in [1.82, 2.24) is 0 Å². The SMILES string of the molecule is Cc1ccc(S(=O)(=O)O[C@@H]2[C@H](O)[C@H](OCc3ccccc3)[C@@H](OCc3ccccc3)[C@H](OCc3ccccc3)[C@H]2OCc2ccccc2)cc1. The van der Waals surface area contributed by atoms with Crippen molar-refractivity contribution >= 4 is 10.1 Å². The average molecular weight is 695 g/mol. The van der Waals surface area contributed by atoms with Gasteiger partial charge < -0.3 is 24.1 Å². The van der Waals surface area contributed by atoms with E-state index in [0.717, 1.165) is 27.8 Å². The van der Waals surface area contributed by atoms with Crippen molar-refractivity contribution in [2.75, 3.05) is 0 Å². The van der Waals surface area contributed by atoms with Crippen LogP contribution in [0.1, 0.15) is 27.8 Å². The minimum Gasteiger partial charge on any atom is -0.387 e. The Morgan fingerprint density at radius 3 is 1.16 bits per heavy atom. The molecular weight excluding hydrogens is 653 g/mol. The number of benzene rings is 5. The highest BCUT2D eigenvalue weighted by molar-refractivity contribution is 7.86. The molecule has 0 unspecified atom stereocenters. The van der Waals surface area contributed by atoms with Gasteiger partial charge in [-0.2, -0.15) is 8.42 Å². The fourth-order valence-electron chi connectivity index (χ4n) is 5.98. The summed E-state index contributed by atoms with van der Waals surface area (Å²) in [4.78, 5) is -0.0388. The van der Waals surface area contributed by atoms with E-state index < -0.39 is 46.7 Å². The Kier molecular flexibility index (Phi) is 12.2. The minimum atomic E-state index is -4.37. The summed E-state index contributed by atoms with van der Waals surface area (Å²) in [6, 6.07) is 44.7. The summed E-state index contributed by atoms with van der Waals surface area (Å²) in [5.74, 6) is 0. The van der Waals surface area contributed by atoms with Gasteiger partial charge in [0.15, 0.2) is 0 Å². The highest BCUT2D eigenvalue weighted by Gasteiger charge is 2.55. The number of aryl methyl sites for hydroxylation is 1. The molecule has 1 aliphatic rings. The van der Waals surface area contributed by atoms with Crippen LogP contribution in [0.25, 0.3) is 0 Å². The molecule has 0 heterocycles. The van der Waals surface area contributed by atoms with Crippen LogP contribution in [-0.4, -0.2) is 50.1 Å². The van der Waals surface area contributed by atoms with E-state index in [1.807, 2.05) is 128 Å². The van der Waals surface area contributed by atoms with Gasteiger partial charge in [0.05, 0.1) is 31.3 Å². The first-order chi connectivity index (χ1) is 24.4. The molecule has 0 bridgehead atoms. The van der Waals surface area contributed by atoms with Gasteiger partial charge in [0.25, 0.3) is 10.1 Å². The van der Waals surface area contributed by atoms with Gasteiger partial charge in [-0.3, -0.25) is 4.18 Å². The van der Waals surface area contributed by atoms with Crippen molar-refractivity contribution in [2.24, 2.45) is 0 Å². The van der Waals surface area contributed by atoms with Crippen molar-refractivity contribution < 1.29 is 36.7 Å². The summed E-state index contributed by atoms with van der Waals surface area (Å²) < 4.78 is 59.9. The fourth-order valence-corrected chi connectivity index (χ4v) is 7.08. The molecule has 0 spiro atoms. The quantitative estimate of drug-likeness (QED) is 0.120. The van der Waals surface area contributed by atoms with E-state index in [2.05, 4.69) is 0 Å². The number of ether oxygens (including phenoxy) is 4. The Labute approximate surface area is 294 Å². The minimum absolute atomic E-state index is 0.0388. The number of aliphatic hydroxyl groups excluding tert-OH is 1. The molecule has 0 aliphatic heterocycles. The lowest BCUT2D eigenvalue weighted by atomic mass is 9.84. The van der Waals surface area contributed by atoms with Gasteiger partial charge >= 0.3 is 0 Å². The zero-order valence-corrected chi connectivity index (χ0v) is 28.7. The standard InChI is InChI=1S/C41H42O8S/c1-30-22-24-35(25-23-30)50(43,44)49-38-36(42)37(45-26-31-14-6-2-7-15-31)39(46-27-32-16-8-3-9-17-32)41(48-29-34-20-12-5-13-21-34)40(38)47-28-33-18-10-4-11-19-33/h2-25,36-42H,26-29H2,1H3/t36-,37+,38-,39-,40+,41+/m1/s1. The van der Waals surface area contributed by atoms with Gasteiger partial charge in [-0.1, -0.05) is 139 Å². The lowest BCUT2D eigenvalue weighted by Crippen LogP contribution is -2.67. The van der Waals surface area contributed by atoms with Crippen molar-refractivity contribution in [3.05, 3.63) is 173 Å². The molecule has 1 N–H and O–H groups in total. The third-order valence-corrected chi connectivity index (χ3v) is 9.98. The van der Waals surface area contributed by atoms with E-state index in [-0.39, 0.29) is 31.3 Å². The summed E-state index contributed by atoms with van der Waals surface area (Å²) in [5.41, 5.74) is 4.43. The number of hydrogen-bond donors (Lipinski definition) is 1. The highest BCUT2D eigenvalue weighted by atomic mass is 32.2. The normalized spacial score (nSPS) is 22.3. The summed E-state index contributed by atoms with van der Waals surface area (Å²) in [6.07, 6.45) is -6.87. The van der Waals surface area contributed by atoms with Crippen LogP contribution in [0, 0.1) is 6.92 Å². The molecule has 5 aromatic rings. The third-order valence-electron chi connectivity index (χ3n) is 8.66. The smallest absolute Gasteiger partial charge is 0.297 e. The van der Waals surface area contributed by atoms with Crippen molar-refractivity contribution in [3.8, 4) is 0 Å². The molecule has 50 heavy (non-hydrogen) atoms. The molecular formula is C41H42O8S. The van der Waals surface area contributed by atoms with Crippen LogP contribution in [0.5, 0.6) is 0 Å². The molecule has 5 aromatic carbocycles. The second-order valence-electron chi connectivity index (χ2n) is 12.4. The van der Waals surface area contributed by atoms with E-state index >= 15 is 0 Å². The Balaban J connectivity index is 1.40. The van der Waals surface area contributed by atoms with Crippen molar-refractivity contribution in [3.63, 3.8) is 0 Å². The Bertz CT molecular complexity index is 1840. The highest BCUT2D eigenvalue weighted by Crippen LogP contribution is 2.36. The molecule has 0 amide bonds. The molecule has 1 fully saturated rings. The summed E-state index contributed by atoms with van der Waals surface area (Å²) in [6.45, 7) is 2.46. The molecule has 0 radical (unpaired) electrons. The summed E-state index contributed by atoms with van der Waals surface area (Å²) >= 11 is 0. The van der Waals surface area contributed by atoms with E-state index in [1.165, 1.54) is 12.1 Å². The van der Waals surface area contributed by atoms with Crippen LogP contribution >= 0.6 is 0 Å². The topological polar surface area (TPSA) is 101 Å². The first-order valence-electron chi connectivity index (χ1n) is 16.7. The van der Waals surface area contributed by atoms with Crippen LogP contribution in [0.3, 0.4) is 0 Å². The first kappa shape index (κ1) is 35.6. The van der Waals surface area contributed by atoms with Gasteiger partial charge in [0.2, 0.25) is 0 Å². The van der Waals surface area contributed by atoms with Crippen LogP contribution in [0.2, 0.25) is 0 Å². The van der Waals surface area contributed by atoms with Gasteiger partial charge in [-0.05, 0) is 41.3 Å². The maximum absolute atomic E-state index is 13.8. The zero-order chi connectivity index (χ0) is 34.8. The van der Waals surface area contributed by atoms with Gasteiger partial charge in [0.1, 0.15) is 36.6 Å². The lowest BCUT2D eigenvalue weighted by Gasteiger charge is -2.48. The molecule has 6 atom stereocenters. The first-order valence-corrected chi connectivity index (χ1v) is 18.1. The predicted molar refractivity (Wildman–Crippen MR) is 189 cm³/mol. The molecule has 1 aliphatic carbocycles. The van der Waals surface area contributed by atoms with Gasteiger partial charge in [-0.15, -0.1) is 0 Å². The largest absolute Gasteiger partial charge is 0.387 e. The molecule has 0 aromatic heterocycles. The van der Waals surface area contributed by atoms with Gasteiger partial charge in [0, 0.05) is 0 Å². The second kappa shape index (κ2) is 17.2. The third kappa shape index (κ3) is 9.32. The molecule has 0 saturated heterocycles. The monoisotopic (exact) mass is 694 g/mol. The maximum atomic E-state index is 13.8. The number of hydrogen-bond acceptors (Lipinski definition) is 8. The molecule has 6 rings (SSSR count). The lowest BCUT2D eigenvalue weighted by molar-refractivity contribution is -0.268. The van der Waals surface area contributed by atoms with E-state index in [1.54, 1.807) is 12.1 Å². The average Bonchev–Trinajstić information content (AvgIpc) is 3.15. The van der Waals surface area contributed by atoms with Gasteiger partial charge in [-0.25, -0.2) is 0 Å². The Hall–Kier alpha value is -4.19. The van der Waals surface area contributed by atoms with E-state index in [4.69, 9.17) is 23.1 Å². The molecule has 260 valence electrons. The summed E-state index contributed by atoms with van der Waals surface area (Å²) in [5, 5.41) is 12.2. The van der Waals surface area contributed by atoms with E-state index in [0.29, 0.717) is 0 Å². The number of rotatable bonds is 15. The second-order valence-corrected chi connectivity index (χ2v) is 13.9. The fraction of sp³-hybridized carbons (Fsp3) is 0.268. The van der Waals surface area contributed by atoms with Crippen LogP contribution in [0.4, 0.5) is 0 Å². The molecule has 1 saturated carbocycles. The summed E-state index contributed by atoms with van der Waals surface area (Å²) in [7, 11) is -4.37. The van der Waals surface area contributed by atoms with Crippen LogP contribution in [-0.2, 0) is 59.7 Å². The van der Waals surface area contributed by atoms with Crippen LogP contribution in [0.15, 0.2) is 150 Å². The maximum Gasteiger partial charge on any atom is 0.297 e. The Morgan fingerprint density at radius 2 is 0.780 bits per heavy atom. The van der Waals surface area contributed by atoms with Crippen molar-refractivity contribution in [1.29, 1.82) is 0 Å². The zero-order valence-electron chi connectivity index (χ0n) is 27.9. The molecule has 8 nitrogen and oxygen atoms in total.